The quantitative estimate of drug-likeness (QED) is 0.263. The number of nitrogens with one attached hydrogen (secondary N) is 1. The molecule has 0 saturated carbocycles. The standard InChI is InChI=1S/C28H25N3S/c1-2-19-32-26-14-7-6-13-25(26)29-27-16-15-22-17-18-31(28(22)30-27)24-12-8-11-23(20-24)21-9-4-3-5-10-21/h3-18,20H,2,19H2,1H3,(H,29,30). The lowest BCUT2D eigenvalue weighted by molar-refractivity contribution is 1.09. The van der Waals surface area contributed by atoms with Gasteiger partial charge in [-0.25, -0.2) is 4.98 Å². The number of anilines is 2. The third kappa shape index (κ3) is 4.27. The van der Waals surface area contributed by atoms with Gasteiger partial charge in [0.1, 0.15) is 11.5 Å². The average molecular weight is 436 g/mol. The number of benzene rings is 3. The molecule has 0 fully saturated rings. The number of nitrogens with zero attached hydrogens (tertiary/aromatic N) is 2. The molecule has 0 bridgehead atoms. The van der Waals surface area contributed by atoms with Gasteiger partial charge in [-0.2, -0.15) is 0 Å². The predicted molar refractivity (Wildman–Crippen MR) is 137 cm³/mol. The predicted octanol–water partition coefficient (Wildman–Crippen LogP) is 7.94. The van der Waals surface area contributed by atoms with Gasteiger partial charge in [0.25, 0.3) is 0 Å². The fourth-order valence-electron chi connectivity index (χ4n) is 3.80. The number of hydrogen-bond donors (Lipinski definition) is 1. The number of para-hydroxylation sites is 1. The van der Waals surface area contributed by atoms with Crippen molar-refractivity contribution in [1.82, 2.24) is 9.55 Å². The van der Waals surface area contributed by atoms with Gasteiger partial charge in [-0.1, -0.05) is 61.5 Å². The van der Waals surface area contributed by atoms with E-state index in [1.807, 2.05) is 23.9 Å². The Morgan fingerprint density at radius 1 is 0.812 bits per heavy atom. The van der Waals surface area contributed by atoms with E-state index in [1.54, 1.807) is 0 Å². The Bertz CT molecular complexity index is 1340. The van der Waals surface area contributed by atoms with Crippen molar-refractivity contribution in [2.45, 2.75) is 18.2 Å². The second-order valence-corrected chi connectivity index (χ2v) is 8.82. The van der Waals surface area contributed by atoms with Crippen LogP contribution < -0.4 is 5.32 Å². The highest BCUT2D eigenvalue weighted by atomic mass is 32.2. The number of aromatic nitrogens is 2. The highest BCUT2D eigenvalue weighted by Gasteiger charge is 2.09. The normalized spacial score (nSPS) is 11.0. The highest BCUT2D eigenvalue weighted by molar-refractivity contribution is 7.99. The van der Waals surface area contributed by atoms with E-state index >= 15 is 0 Å². The minimum atomic E-state index is 0.848. The Labute approximate surface area is 193 Å². The molecular weight excluding hydrogens is 410 g/mol. The molecule has 5 rings (SSSR count). The van der Waals surface area contributed by atoms with Crippen molar-refractivity contribution in [3.8, 4) is 16.8 Å². The van der Waals surface area contributed by atoms with Crippen LogP contribution >= 0.6 is 11.8 Å². The Morgan fingerprint density at radius 2 is 1.62 bits per heavy atom. The summed E-state index contributed by atoms with van der Waals surface area (Å²) in [5, 5.41) is 4.65. The zero-order valence-corrected chi connectivity index (χ0v) is 18.8. The summed E-state index contributed by atoms with van der Waals surface area (Å²) >= 11 is 1.88. The Hall–Kier alpha value is -3.50. The molecule has 0 atom stereocenters. The summed E-state index contributed by atoms with van der Waals surface area (Å²) < 4.78 is 2.16. The smallest absolute Gasteiger partial charge is 0.146 e. The fraction of sp³-hybridized carbons (Fsp3) is 0.107. The fourth-order valence-corrected chi connectivity index (χ4v) is 4.67. The van der Waals surface area contributed by atoms with Gasteiger partial charge < -0.3 is 9.88 Å². The lowest BCUT2D eigenvalue weighted by atomic mass is 10.1. The lowest BCUT2D eigenvalue weighted by Gasteiger charge is -2.12. The van der Waals surface area contributed by atoms with Crippen LogP contribution in [0.4, 0.5) is 11.5 Å². The SMILES string of the molecule is CCCSc1ccccc1Nc1ccc2ccn(-c3cccc(-c4ccccc4)c3)c2n1. The summed E-state index contributed by atoms with van der Waals surface area (Å²) in [6.45, 7) is 2.21. The summed E-state index contributed by atoms with van der Waals surface area (Å²) in [5.74, 6) is 1.95. The minimum Gasteiger partial charge on any atom is -0.339 e. The van der Waals surface area contributed by atoms with Gasteiger partial charge in [0.15, 0.2) is 0 Å². The molecule has 1 N–H and O–H groups in total. The molecule has 0 aliphatic heterocycles. The Morgan fingerprint density at radius 3 is 2.50 bits per heavy atom. The van der Waals surface area contributed by atoms with Crippen LogP contribution in [0.5, 0.6) is 0 Å². The van der Waals surface area contributed by atoms with Crippen molar-refractivity contribution in [3.63, 3.8) is 0 Å². The summed E-state index contributed by atoms with van der Waals surface area (Å²) in [5.41, 5.74) is 5.55. The maximum atomic E-state index is 4.97. The molecule has 2 heterocycles. The molecule has 5 aromatic rings. The van der Waals surface area contributed by atoms with Gasteiger partial charge in [0.05, 0.1) is 5.69 Å². The Kier molecular flexibility index (Phi) is 5.95. The van der Waals surface area contributed by atoms with Gasteiger partial charge >= 0.3 is 0 Å². The first kappa shape index (κ1) is 20.4. The van der Waals surface area contributed by atoms with Crippen LogP contribution in [0.3, 0.4) is 0 Å². The molecule has 3 nitrogen and oxygen atoms in total. The van der Waals surface area contributed by atoms with Crippen molar-refractivity contribution >= 4 is 34.3 Å². The van der Waals surface area contributed by atoms with Crippen molar-refractivity contribution in [2.75, 3.05) is 11.1 Å². The third-order valence-corrected chi connectivity index (χ3v) is 6.66. The van der Waals surface area contributed by atoms with Gasteiger partial charge in [0, 0.05) is 22.2 Å². The molecule has 2 aromatic heterocycles. The van der Waals surface area contributed by atoms with E-state index in [1.165, 1.54) is 16.0 Å². The number of pyridine rings is 1. The first-order valence-electron chi connectivity index (χ1n) is 10.9. The summed E-state index contributed by atoms with van der Waals surface area (Å²) in [6.07, 6.45) is 3.25. The number of thioether (sulfide) groups is 1. The zero-order valence-electron chi connectivity index (χ0n) is 18.0. The van der Waals surface area contributed by atoms with Crippen LogP contribution in [-0.2, 0) is 0 Å². The van der Waals surface area contributed by atoms with Crippen LogP contribution in [0.1, 0.15) is 13.3 Å². The van der Waals surface area contributed by atoms with Crippen molar-refractivity contribution in [3.05, 3.63) is 103 Å². The molecule has 4 heteroatoms. The Balaban J connectivity index is 1.49. The van der Waals surface area contributed by atoms with Gasteiger partial charge in [0.2, 0.25) is 0 Å². The molecule has 158 valence electrons. The maximum Gasteiger partial charge on any atom is 0.146 e. The molecule has 3 aromatic carbocycles. The summed E-state index contributed by atoms with van der Waals surface area (Å²) in [4.78, 5) is 6.23. The molecule has 0 saturated heterocycles. The number of rotatable bonds is 7. The van der Waals surface area contributed by atoms with E-state index in [0.29, 0.717) is 0 Å². The summed E-state index contributed by atoms with van der Waals surface area (Å²) in [7, 11) is 0. The summed E-state index contributed by atoms with van der Waals surface area (Å²) in [6, 6.07) is 33.8. The van der Waals surface area contributed by atoms with E-state index in [4.69, 9.17) is 4.98 Å². The lowest BCUT2D eigenvalue weighted by Crippen LogP contribution is -1.99. The first-order valence-corrected chi connectivity index (χ1v) is 11.9. The molecule has 32 heavy (non-hydrogen) atoms. The maximum absolute atomic E-state index is 4.97. The highest BCUT2D eigenvalue weighted by Crippen LogP contribution is 2.31. The van der Waals surface area contributed by atoms with E-state index in [2.05, 4.69) is 108 Å². The van der Waals surface area contributed by atoms with Gasteiger partial charge in [-0.15, -0.1) is 11.8 Å². The average Bonchev–Trinajstić information content (AvgIpc) is 3.27. The molecule has 0 spiro atoms. The molecule has 0 aliphatic carbocycles. The molecule has 0 radical (unpaired) electrons. The number of fused-ring (bicyclic) bond motifs is 1. The van der Waals surface area contributed by atoms with Gasteiger partial charge in [-0.3, -0.25) is 0 Å². The largest absolute Gasteiger partial charge is 0.339 e. The van der Waals surface area contributed by atoms with Gasteiger partial charge in [-0.05, 0) is 65.8 Å². The second kappa shape index (κ2) is 9.33. The molecule has 0 unspecified atom stereocenters. The van der Waals surface area contributed by atoms with Crippen LogP contribution in [0.15, 0.2) is 108 Å². The first-order chi connectivity index (χ1) is 15.8. The second-order valence-electron chi connectivity index (χ2n) is 7.68. The van der Waals surface area contributed by atoms with E-state index < -0.39 is 0 Å². The number of hydrogen-bond acceptors (Lipinski definition) is 3. The van der Waals surface area contributed by atoms with Crippen molar-refractivity contribution < 1.29 is 0 Å². The van der Waals surface area contributed by atoms with Crippen LogP contribution in [-0.4, -0.2) is 15.3 Å². The van der Waals surface area contributed by atoms with Crippen LogP contribution in [0, 0.1) is 0 Å². The van der Waals surface area contributed by atoms with E-state index in [9.17, 15) is 0 Å². The van der Waals surface area contributed by atoms with Crippen molar-refractivity contribution in [2.24, 2.45) is 0 Å². The van der Waals surface area contributed by atoms with E-state index in [0.717, 1.165) is 40.4 Å². The molecule has 0 amide bonds. The third-order valence-electron chi connectivity index (χ3n) is 5.38. The van der Waals surface area contributed by atoms with E-state index in [-0.39, 0.29) is 0 Å². The molecule has 0 aliphatic rings. The monoisotopic (exact) mass is 435 g/mol. The topological polar surface area (TPSA) is 29.9 Å². The van der Waals surface area contributed by atoms with Crippen LogP contribution in [0.2, 0.25) is 0 Å². The molecular formula is C28H25N3S. The van der Waals surface area contributed by atoms with Crippen molar-refractivity contribution in [1.29, 1.82) is 0 Å². The zero-order chi connectivity index (χ0) is 21.8. The minimum absolute atomic E-state index is 0.848. The van der Waals surface area contributed by atoms with Crippen LogP contribution in [0.25, 0.3) is 27.8 Å².